The van der Waals surface area contributed by atoms with Crippen molar-refractivity contribution in [3.8, 4) is 11.1 Å². The number of amides is 1. The fourth-order valence-electron chi connectivity index (χ4n) is 4.31. The van der Waals surface area contributed by atoms with Gasteiger partial charge in [-0.1, -0.05) is 30.3 Å². The lowest BCUT2D eigenvalue weighted by Crippen LogP contribution is -2.13. The van der Waals surface area contributed by atoms with Gasteiger partial charge in [0.25, 0.3) is 5.91 Å². The molecule has 4 aromatic rings. The Bertz CT molecular complexity index is 1550. The van der Waals surface area contributed by atoms with E-state index in [1.54, 1.807) is 54.6 Å². The number of fused-ring (bicyclic) bond motifs is 1. The quantitative estimate of drug-likeness (QED) is 0.284. The molecule has 0 spiro atoms. The Morgan fingerprint density at radius 1 is 0.973 bits per heavy atom. The van der Waals surface area contributed by atoms with Crippen molar-refractivity contribution in [2.24, 2.45) is 5.73 Å². The number of nitrogens with one attached hydrogen (secondary N) is 1. The Morgan fingerprint density at radius 3 is 2.62 bits per heavy atom. The van der Waals surface area contributed by atoms with Crippen LogP contribution in [0.4, 0.5) is 10.1 Å². The summed E-state index contributed by atoms with van der Waals surface area (Å²) in [6.07, 6.45) is 2.42. The maximum absolute atomic E-state index is 14.0. The van der Waals surface area contributed by atoms with E-state index in [-0.39, 0.29) is 36.8 Å². The molecule has 0 atom stereocenters. The normalized spacial score (nSPS) is 12.1. The molecule has 0 saturated heterocycles. The van der Waals surface area contributed by atoms with Gasteiger partial charge in [-0.3, -0.25) is 14.6 Å². The lowest BCUT2D eigenvalue weighted by Gasteiger charge is -2.13. The molecule has 3 N–H and O–H groups in total. The Morgan fingerprint density at radius 2 is 1.81 bits per heavy atom. The summed E-state index contributed by atoms with van der Waals surface area (Å²) in [5, 5.41) is 2.86. The molecule has 0 aliphatic carbocycles. The molecule has 3 aromatic carbocycles. The first-order valence-corrected chi connectivity index (χ1v) is 11.6. The molecule has 1 aliphatic heterocycles. The number of aromatic nitrogens is 1. The largest absolute Gasteiger partial charge is 0.457 e. The lowest BCUT2D eigenvalue weighted by molar-refractivity contribution is 0.0535. The minimum atomic E-state index is -0.534. The fourth-order valence-corrected chi connectivity index (χ4v) is 4.31. The third-order valence-corrected chi connectivity index (χ3v) is 6.29. The van der Waals surface area contributed by atoms with E-state index in [0.717, 1.165) is 11.8 Å². The maximum atomic E-state index is 14.0. The van der Waals surface area contributed by atoms with Crippen LogP contribution in [0.1, 0.15) is 47.8 Å². The second kappa shape index (κ2) is 10.1. The first kappa shape index (κ1) is 24.0. The zero-order valence-corrected chi connectivity index (χ0v) is 19.7. The van der Waals surface area contributed by atoms with Crippen molar-refractivity contribution in [3.63, 3.8) is 0 Å². The van der Waals surface area contributed by atoms with Crippen molar-refractivity contribution in [1.29, 1.82) is 0 Å². The fraction of sp³-hybridized carbons (Fsp3) is 0.103. The van der Waals surface area contributed by atoms with Gasteiger partial charge in [0.15, 0.2) is 5.78 Å². The first-order chi connectivity index (χ1) is 17.9. The summed E-state index contributed by atoms with van der Waals surface area (Å²) in [7, 11) is 0. The molecule has 0 bridgehead atoms. The van der Waals surface area contributed by atoms with Crippen LogP contribution in [0.25, 0.3) is 11.1 Å². The van der Waals surface area contributed by atoms with E-state index in [1.807, 2.05) is 6.07 Å². The highest BCUT2D eigenvalue weighted by atomic mass is 19.1. The Labute approximate surface area is 212 Å². The molecule has 0 fully saturated rings. The number of nitrogens with two attached hydrogens (primary N) is 1. The van der Waals surface area contributed by atoms with Crippen molar-refractivity contribution >= 4 is 23.3 Å². The van der Waals surface area contributed by atoms with Gasteiger partial charge < -0.3 is 15.8 Å². The zero-order valence-electron chi connectivity index (χ0n) is 19.7. The van der Waals surface area contributed by atoms with E-state index in [1.165, 1.54) is 12.3 Å². The van der Waals surface area contributed by atoms with Crippen LogP contribution >= 0.6 is 0 Å². The molecule has 1 aliphatic rings. The van der Waals surface area contributed by atoms with Crippen LogP contribution in [0, 0.1) is 5.82 Å². The summed E-state index contributed by atoms with van der Waals surface area (Å²) in [4.78, 5) is 41.6. The lowest BCUT2D eigenvalue weighted by atomic mass is 9.93. The highest BCUT2D eigenvalue weighted by molar-refractivity contribution is 6.07. The number of Topliss-reactive ketones (excluding diaryl/α,β-unsaturated/α-hetero) is 1. The number of rotatable bonds is 7. The molecule has 37 heavy (non-hydrogen) atoms. The van der Waals surface area contributed by atoms with Crippen LogP contribution in [0.15, 0.2) is 79.1 Å². The van der Waals surface area contributed by atoms with Crippen molar-refractivity contribution in [3.05, 3.63) is 118 Å². The van der Waals surface area contributed by atoms with Crippen molar-refractivity contribution in [2.45, 2.75) is 19.6 Å². The summed E-state index contributed by atoms with van der Waals surface area (Å²) < 4.78 is 19.1. The van der Waals surface area contributed by atoms with Gasteiger partial charge in [-0.15, -0.1) is 0 Å². The van der Waals surface area contributed by atoms with E-state index in [2.05, 4.69) is 10.3 Å². The number of ether oxygens (including phenoxy) is 1. The zero-order chi connectivity index (χ0) is 25.9. The highest BCUT2D eigenvalue weighted by Crippen LogP contribution is 2.29. The molecular formula is C29H22FN3O4. The summed E-state index contributed by atoms with van der Waals surface area (Å²) in [6, 6.07) is 18.7. The first-order valence-electron chi connectivity index (χ1n) is 11.6. The average molecular weight is 496 g/mol. The predicted molar refractivity (Wildman–Crippen MR) is 136 cm³/mol. The molecule has 7 nitrogen and oxygen atoms in total. The van der Waals surface area contributed by atoms with Gasteiger partial charge in [0, 0.05) is 41.5 Å². The van der Waals surface area contributed by atoms with E-state index < -0.39 is 11.8 Å². The van der Waals surface area contributed by atoms with E-state index in [0.29, 0.717) is 39.1 Å². The number of pyridine rings is 1. The molecule has 1 amide bonds. The number of nitrogens with zero attached hydrogens (tertiary/aromatic N) is 1. The molecule has 2 heterocycles. The molecule has 1 aromatic heterocycles. The number of hydrogen-bond acceptors (Lipinski definition) is 6. The number of carbonyl (C=O) groups is 3. The second-order valence-electron chi connectivity index (χ2n) is 8.59. The van der Waals surface area contributed by atoms with Crippen LogP contribution in [0.3, 0.4) is 0 Å². The third-order valence-electron chi connectivity index (χ3n) is 6.29. The molecule has 5 rings (SSSR count). The SMILES string of the molecule is NCc1ccc(C(=O)Cc2ccncc2F)cc1-c1cccc(C(=O)Nc2cccc3c2COC3=O)c1. The van der Waals surface area contributed by atoms with Gasteiger partial charge in [0.05, 0.1) is 11.8 Å². The number of esters is 1. The number of ketones is 1. The molecule has 0 unspecified atom stereocenters. The van der Waals surface area contributed by atoms with Crippen LogP contribution in [-0.4, -0.2) is 22.6 Å². The number of hydrogen-bond donors (Lipinski definition) is 2. The topological polar surface area (TPSA) is 111 Å². The summed E-state index contributed by atoms with van der Waals surface area (Å²) in [5.74, 6) is -1.56. The Hall–Kier alpha value is -4.69. The average Bonchev–Trinajstić information content (AvgIpc) is 3.31. The van der Waals surface area contributed by atoms with Gasteiger partial charge in [-0.05, 0) is 58.7 Å². The van der Waals surface area contributed by atoms with E-state index >= 15 is 0 Å². The standard InChI is InChI=1S/C29H22FN3O4/c30-25-15-32-10-9-18(25)13-27(34)19-7-8-21(14-31)23(12-19)17-3-1-4-20(11-17)28(35)33-26-6-2-5-22-24(26)16-37-29(22)36/h1-12,15H,13-14,16,31H2,(H,33,35). The molecular weight excluding hydrogens is 473 g/mol. The van der Waals surface area contributed by atoms with Gasteiger partial charge in [0.2, 0.25) is 0 Å². The van der Waals surface area contributed by atoms with Crippen LogP contribution in [0.2, 0.25) is 0 Å². The number of cyclic esters (lactones) is 1. The van der Waals surface area contributed by atoms with Crippen LogP contribution in [-0.2, 0) is 24.3 Å². The Balaban J connectivity index is 1.43. The summed E-state index contributed by atoms with van der Waals surface area (Å²) in [6.45, 7) is 0.331. The minimum absolute atomic E-state index is 0.105. The van der Waals surface area contributed by atoms with Crippen LogP contribution in [0.5, 0.6) is 0 Å². The minimum Gasteiger partial charge on any atom is -0.457 e. The molecule has 0 saturated carbocycles. The van der Waals surface area contributed by atoms with E-state index in [4.69, 9.17) is 10.5 Å². The van der Waals surface area contributed by atoms with Gasteiger partial charge in [-0.2, -0.15) is 0 Å². The van der Waals surface area contributed by atoms with Gasteiger partial charge in [-0.25, -0.2) is 9.18 Å². The monoisotopic (exact) mass is 495 g/mol. The number of halogens is 1. The van der Waals surface area contributed by atoms with Gasteiger partial charge in [0.1, 0.15) is 12.4 Å². The van der Waals surface area contributed by atoms with Gasteiger partial charge >= 0.3 is 5.97 Å². The van der Waals surface area contributed by atoms with E-state index in [9.17, 15) is 18.8 Å². The molecule has 8 heteroatoms. The smallest absolute Gasteiger partial charge is 0.338 e. The maximum Gasteiger partial charge on any atom is 0.338 e. The number of carbonyl (C=O) groups excluding carboxylic acids is 3. The van der Waals surface area contributed by atoms with Crippen molar-refractivity contribution in [1.82, 2.24) is 4.98 Å². The van der Waals surface area contributed by atoms with Crippen molar-refractivity contribution < 1.29 is 23.5 Å². The summed E-state index contributed by atoms with van der Waals surface area (Å²) in [5.41, 5.74) is 10.8. The third kappa shape index (κ3) is 4.87. The number of anilines is 1. The van der Waals surface area contributed by atoms with Crippen LogP contribution < -0.4 is 11.1 Å². The second-order valence-corrected chi connectivity index (χ2v) is 8.59. The Kier molecular flexibility index (Phi) is 6.57. The van der Waals surface area contributed by atoms with Crippen molar-refractivity contribution in [2.75, 3.05) is 5.32 Å². The number of benzene rings is 3. The summed E-state index contributed by atoms with van der Waals surface area (Å²) >= 11 is 0. The molecule has 184 valence electrons. The molecule has 0 radical (unpaired) electrons. The predicted octanol–water partition coefficient (Wildman–Crippen LogP) is 4.69. The highest BCUT2D eigenvalue weighted by Gasteiger charge is 2.24.